The Morgan fingerprint density at radius 2 is 2.11 bits per heavy atom. The second-order valence-corrected chi connectivity index (χ2v) is 5.65. The highest BCUT2D eigenvalue weighted by Gasteiger charge is 2.35. The summed E-state index contributed by atoms with van der Waals surface area (Å²) >= 11 is 5.86. The lowest BCUT2D eigenvalue weighted by atomic mass is 9.88. The average Bonchev–Trinajstić information content (AvgIpc) is 2.44. The third-order valence-electron chi connectivity index (χ3n) is 4.39. The van der Waals surface area contributed by atoms with Gasteiger partial charge in [0.1, 0.15) is 5.82 Å². The number of hydrogen-bond donors (Lipinski definition) is 1. The van der Waals surface area contributed by atoms with Crippen LogP contribution >= 0.6 is 11.6 Å². The number of piperazine rings is 1. The molecule has 1 aromatic carbocycles. The Hall–Kier alpha value is -0.640. The van der Waals surface area contributed by atoms with Crippen LogP contribution in [0.1, 0.15) is 32.3 Å². The molecule has 4 heteroatoms. The molecule has 1 aromatic rings. The van der Waals surface area contributed by atoms with Crippen LogP contribution in [0.2, 0.25) is 5.02 Å². The predicted molar refractivity (Wildman–Crippen MR) is 78.0 cm³/mol. The molecule has 0 saturated carbocycles. The van der Waals surface area contributed by atoms with Gasteiger partial charge in [-0.2, -0.15) is 0 Å². The van der Waals surface area contributed by atoms with E-state index < -0.39 is 0 Å². The molecule has 1 aliphatic rings. The summed E-state index contributed by atoms with van der Waals surface area (Å²) in [7, 11) is 0. The Kier molecular flexibility index (Phi) is 4.82. The van der Waals surface area contributed by atoms with Crippen LogP contribution in [0.25, 0.3) is 0 Å². The van der Waals surface area contributed by atoms with E-state index in [4.69, 9.17) is 11.6 Å². The highest BCUT2D eigenvalue weighted by molar-refractivity contribution is 6.30. The largest absolute Gasteiger partial charge is 0.314 e. The zero-order chi connectivity index (χ0) is 13.9. The standard InChI is InChI=1S/C15H22ClFN2/c1-3-15(4-2)11-18-8-9-19(15)10-12-6-5-7-13(16)14(12)17/h5-7,18H,3-4,8-11H2,1-2H3. The van der Waals surface area contributed by atoms with Crippen molar-refractivity contribution in [1.82, 2.24) is 10.2 Å². The van der Waals surface area contributed by atoms with Crippen molar-refractivity contribution >= 4 is 11.6 Å². The molecule has 0 unspecified atom stereocenters. The van der Waals surface area contributed by atoms with E-state index in [1.807, 2.05) is 12.1 Å². The maximum Gasteiger partial charge on any atom is 0.146 e. The first-order valence-electron chi connectivity index (χ1n) is 7.01. The number of halogens is 2. The van der Waals surface area contributed by atoms with Gasteiger partial charge in [-0.15, -0.1) is 0 Å². The zero-order valence-electron chi connectivity index (χ0n) is 11.7. The lowest BCUT2D eigenvalue weighted by Gasteiger charge is -2.47. The van der Waals surface area contributed by atoms with Gasteiger partial charge in [0.25, 0.3) is 0 Å². The van der Waals surface area contributed by atoms with E-state index >= 15 is 0 Å². The summed E-state index contributed by atoms with van der Waals surface area (Å²) in [5.74, 6) is -0.274. The first-order valence-corrected chi connectivity index (χ1v) is 7.39. The number of nitrogens with one attached hydrogen (secondary N) is 1. The van der Waals surface area contributed by atoms with Crippen LogP contribution in [0.4, 0.5) is 4.39 Å². The molecule has 0 aliphatic carbocycles. The van der Waals surface area contributed by atoms with Gasteiger partial charge in [-0.05, 0) is 18.9 Å². The summed E-state index contributed by atoms with van der Waals surface area (Å²) in [5, 5.41) is 3.67. The van der Waals surface area contributed by atoms with Crippen LogP contribution in [0, 0.1) is 5.82 Å². The monoisotopic (exact) mass is 284 g/mol. The minimum atomic E-state index is -0.274. The van der Waals surface area contributed by atoms with Gasteiger partial charge < -0.3 is 5.32 Å². The van der Waals surface area contributed by atoms with Crippen molar-refractivity contribution in [2.45, 2.75) is 38.8 Å². The average molecular weight is 285 g/mol. The lowest BCUT2D eigenvalue weighted by molar-refractivity contribution is 0.0438. The van der Waals surface area contributed by atoms with Crippen LogP contribution < -0.4 is 5.32 Å². The molecule has 0 radical (unpaired) electrons. The second-order valence-electron chi connectivity index (χ2n) is 5.24. The molecule has 1 aliphatic heterocycles. The first kappa shape index (κ1) is 14.8. The second kappa shape index (κ2) is 6.21. The maximum absolute atomic E-state index is 14.0. The molecule has 0 amide bonds. The Balaban J connectivity index is 2.22. The topological polar surface area (TPSA) is 15.3 Å². The molecule has 1 N–H and O–H groups in total. The number of nitrogens with zero attached hydrogens (tertiary/aromatic N) is 1. The quantitative estimate of drug-likeness (QED) is 0.911. The molecule has 1 heterocycles. The van der Waals surface area contributed by atoms with Crippen LogP contribution in [0.15, 0.2) is 18.2 Å². The van der Waals surface area contributed by atoms with Gasteiger partial charge in [0, 0.05) is 37.3 Å². The first-order chi connectivity index (χ1) is 9.13. The molecular formula is C15H22ClFN2. The Labute approximate surface area is 119 Å². The number of rotatable bonds is 4. The van der Waals surface area contributed by atoms with Gasteiger partial charge in [0.15, 0.2) is 0 Å². The van der Waals surface area contributed by atoms with Crippen molar-refractivity contribution in [3.05, 3.63) is 34.6 Å². The number of benzene rings is 1. The fraction of sp³-hybridized carbons (Fsp3) is 0.600. The highest BCUT2D eigenvalue weighted by atomic mass is 35.5. The number of hydrogen-bond acceptors (Lipinski definition) is 2. The Morgan fingerprint density at radius 3 is 2.79 bits per heavy atom. The molecule has 106 valence electrons. The fourth-order valence-corrected chi connectivity index (χ4v) is 3.15. The van der Waals surface area contributed by atoms with Crippen molar-refractivity contribution in [3.63, 3.8) is 0 Å². The molecule has 1 fully saturated rings. The molecule has 19 heavy (non-hydrogen) atoms. The molecule has 0 bridgehead atoms. The van der Waals surface area contributed by atoms with E-state index in [0.29, 0.717) is 12.1 Å². The molecular weight excluding hydrogens is 263 g/mol. The maximum atomic E-state index is 14.0. The molecule has 0 spiro atoms. The van der Waals surface area contributed by atoms with Crippen LogP contribution in [0.3, 0.4) is 0 Å². The summed E-state index contributed by atoms with van der Waals surface area (Å²) in [4.78, 5) is 2.40. The minimum Gasteiger partial charge on any atom is -0.314 e. The fourth-order valence-electron chi connectivity index (χ4n) is 2.95. The smallest absolute Gasteiger partial charge is 0.146 e. The van der Waals surface area contributed by atoms with Gasteiger partial charge >= 0.3 is 0 Å². The predicted octanol–water partition coefficient (Wildman–Crippen LogP) is 3.44. The normalized spacial score (nSPS) is 19.6. The molecule has 1 saturated heterocycles. The van der Waals surface area contributed by atoms with Crippen molar-refractivity contribution < 1.29 is 4.39 Å². The Morgan fingerprint density at radius 1 is 1.37 bits per heavy atom. The van der Waals surface area contributed by atoms with E-state index in [2.05, 4.69) is 24.1 Å². The molecule has 0 aromatic heterocycles. The SMILES string of the molecule is CCC1(CC)CNCCN1Cc1cccc(Cl)c1F. The van der Waals surface area contributed by atoms with E-state index in [1.165, 1.54) is 0 Å². The van der Waals surface area contributed by atoms with Crippen molar-refractivity contribution in [1.29, 1.82) is 0 Å². The summed E-state index contributed by atoms with van der Waals surface area (Å²) in [5.41, 5.74) is 0.827. The van der Waals surface area contributed by atoms with Crippen LogP contribution in [0.5, 0.6) is 0 Å². The van der Waals surface area contributed by atoms with Gasteiger partial charge in [0.2, 0.25) is 0 Å². The van der Waals surface area contributed by atoms with Crippen molar-refractivity contribution in [3.8, 4) is 0 Å². The minimum absolute atomic E-state index is 0.132. The molecule has 0 atom stereocenters. The summed E-state index contributed by atoms with van der Waals surface area (Å²) in [6.07, 6.45) is 2.14. The molecule has 2 rings (SSSR count). The third kappa shape index (κ3) is 2.93. The Bertz CT molecular complexity index is 432. The van der Waals surface area contributed by atoms with Crippen LogP contribution in [-0.4, -0.2) is 30.1 Å². The van der Waals surface area contributed by atoms with E-state index in [0.717, 1.165) is 32.5 Å². The van der Waals surface area contributed by atoms with Gasteiger partial charge in [0.05, 0.1) is 5.02 Å². The van der Waals surface area contributed by atoms with Crippen LogP contribution in [-0.2, 0) is 6.54 Å². The summed E-state index contributed by atoms with van der Waals surface area (Å²) in [6.45, 7) is 7.94. The lowest BCUT2D eigenvalue weighted by Crippen LogP contribution is -2.60. The van der Waals surface area contributed by atoms with E-state index in [1.54, 1.807) is 6.07 Å². The molecule has 2 nitrogen and oxygen atoms in total. The zero-order valence-corrected chi connectivity index (χ0v) is 12.4. The highest BCUT2D eigenvalue weighted by Crippen LogP contribution is 2.29. The van der Waals surface area contributed by atoms with E-state index in [9.17, 15) is 4.39 Å². The summed E-state index contributed by atoms with van der Waals surface area (Å²) in [6, 6.07) is 5.26. The van der Waals surface area contributed by atoms with Gasteiger partial charge in [-0.3, -0.25) is 4.90 Å². The third-order valence-corrected chi connectivity index (χ3v) is 4.68. The summed E-state index contributed by atoms with van der Waals surface area (Å²) < 4.78 is 14.0. The van der Waals surface area contributed by atoms with E-state index in [-0.39, 0.29) is 16.4 Å². The van der Waals surface area contributed by atoms with Gasteiger partial charge in [-0.25, -0.2) is 4.39 Å². The van der Waals surface area contributed by atoms with Crippen molar-refractivity contribution in [2.24, 2.45) is 0 Å². The van der Waals surface area contributed by atoms with Crippen molar-refractivity contribution in [2.75, 3.05) is 19.6 Å². The van der Waals surface area contributed by atoms with Gasteiger partial charge in [-0.1, -0.05) is 37.6 Å².